The van der Waals surface area contributed by atoms with Gasteiger partial charge in [-0.2, -0.15) is 5.26 Å². The Balaban J connectivity index is 2.54. The Morgan fingerprint density at radius 3 is 2.71 bits per heavy atom. The molecule has 0 spiro atoms. The Bertz CT molecular complexity index is 444. The van der Waals surface area contributed by atoms with Gasteiger partial charge in [0.1, 0.15) is 0 Å². The first-order valence-corrected chi connectivity index (χ1v) is 5.16. The molecule has 0 atom stereocenters. The van der Waals surface area contributed by atoms with E-state index in [-0.39, 0.29) is 0 Å². The average molecular weight is 233 g/mol. The van der Waals surface area contributed by atoms with Crippen molar-refractivity contribution in [2.45, 2.75) is 26.4 Å². The molecule has 1 rings (SSSR count). The van der Waals surface area contributed by atoms with Crippen molar-refractivity contribution in [3.63, 3.8) is 0 Å². The van der Waals surface area contributed by atoms with E-state index in [1.54, 1.807) is 24.3 Å². The Hall–Kier alpha value is -2.06. The standard InChI is InChI=1S/C12H15N3O2/c1-12(2,3)17-15-11(16)14-10-6-4-5-9(7-10)8-13/h4-7H,1-3H3,(H2,14,15,16). The summed E-state index contributed by atoms with van der Waals surface area (Å²) in [7, 11) is 0. The fraction of sp³-hybridized carbons (Fsp3) is 0.333. The predicted octanol–water partition coefficient (Wildman–Crippen LogP) is 2.41. The fourth-order valence-electron chi connectivity index (χ4n) is 1.02. The summed E-state index contributed by atoms with van der Waals surface area (Å²) in [6.07, 6.45) is 0. The maximum atomic E-state index is 11.4. The van der Waals surface area contributed by atoms with Crippen LogP contribution in [0.25, 0.3) is 0 Å². The van der Waals surface area contributed by atoms with Crippen LogP contribution < -0.4 is 10.8 Å². The lowest BCUT2D eigenvalue weighted by atomic mass is 10.2. The minimum Gasteiger partial charge on any atom is -0.306 e. The van der Waals surface area contributed by atoms with Crippen LogP contribution in [0.15, 0.2) is 24.3 Å². The van der Waals surface area contributed by atoms with Crippen molar-refractivity contribution in [3.05, 3.63) is 29.8 Å². The number of nitriles is 1. The molecule has 1 aromatic carbocycles. The first kappa shape index (κ1) is 13.0. The SMILES string of the molecule is CC(C)(C)ONC(=O)Nc1cccc(C#N)c1. The van der Waals surface area contributed by atoms with Gasteiger partial charge in [-0.25, -0.2) is 10.3 Å². The quantitative estimate of drug-likeness (QED) is 0.770. The van der Waals surface area contributed by atoms with E-state index in [0.717, 1.165) is 0 Å². The average Bonchev–Trinajstić information content (AvgIpc) is 2.26. The summed E-state index contributed by atoms with van der Waals surface area (Å²) in [5.74, 6) is 0. The van der Waals surface area contributed by atoms with Crippen molar-refractivity contribution in [1.82, 2.24) is 5.48 Å². The van der Waals surface area contributed by atoms with Gasteiger partial charge in [-0.3, -0.25) is 4.84 Å². The zero-order chi connectivity index (χ0) is 12.9. The maximum absolute atomic E-state index is 11.4. The van der Waals surface area contributed by atoms with Crippen LogP contribution in [0.2, 0.25) is 0 Å². The summed E-state index contributed by atoms with van der Waals surface area (Å²) in [5.41, 5.74) is 2.85. The van der Waals surface area contributed by atoms with E-state index in [9.17, 15) is 4.79 Å². The third-order valence-electron chi connectivity index (χ3n) is 1.70. The van der Waals surface area contributed by atoms with E-state index in [1.807, 2.05) is 26.8 Å². The van der Waals surface area contributed by atoms with Gasteiger partial charge in [0.25, 0.3) is 0 Å². The summed E-state index contributed by atoms with van der Waals surface area (Å²) in [4.78, 5) is 16.5. The van der Waals surface area contributed by atoms with Crippen LogP contribution in [0.5, 0.6) is 0 Å². The Labute approximate surface area is 100 Å². The minimum atomic E-state index is -0.477. The number of nitrogens with one attached hydrogen (secondary N) is 2. The molecular weight excluding hydrogens is 218 g/mol. The number of hydroxylamine groups is 1. The van der Waals surface area contributed by atoms with E-state index in [2.05, 4.69) is 10.8 Å². The van der Waals surface area contributed by atoms with Gasteiger partial charge >= 0.3 is 6.03 Å². The molecular formula is C12H15N3O2. The normalized spacial score (nSPS) is 10.5. The largest absolute Gasteiger partial charge is 0.343 e. The molecule has 2 N–H and O–H groups in total. The molecule has 1 aromatic rings. The molecule has 0 fully saturated rings. The topological polar surface area (TPSA) is 74.2 Å². The molecule has 0 aliphatic carbocycles. The highest BCUT2D eigenvalue weighted by atomic mass is 16.7. The van der Waals surface area contributed by atoms with Crippen molar-refractivity contribution in [3.8, 4) is 6.07 Å². The molecule has 0 saturated carbocycles. The van der Waals surface area contributed by atoms with Gasteiger partial charge in [0.2, 0.25) is 0 Å². The Morgan fingerprint density at radius 1 is 1.41 bits per heavy atom. The Kier molecular flexibility index (Phi) is 4.07. The molecule has 5 nitrogen and oxygen atoms in total. The molecule has 0 saturated heterocycles. The fourth-order valence-corrected chi connectivity index (χ4v) is 1.02. The second kappa shape index (κ2) is 5.32. The zero-order valence-electron chi connectivity index (χ0n) is 10.1. The second-order valence-electron chi connectivity index (χ2n) is 4.46. The summed E-state index contributed by atoms with van der Waals surface area (Å²) >= 11 is 0. The highest BCUT2D eigenvalue weighted by molar-refractivity contribution is 5.88. The highest BCUT2D eigenvalue weighted by Gasteiger charge is 2.12. The molecule has 0 radical (unpaired) electrons. The molecule has 0 bridgehead atoms. The summed E-state index contributed by atoms with van der Waals surface area (Å²) in [6.45, 7) is 5.47. The summed E-state index contributed by atoms with van der Waals surface area (Å²) < 4.78 is 0. The van der Waals surface area contributed by atoms with Crippen LogP contribution in [0.3, 0.4) is 0 Å². The molecule has 17 heavy (non-hydrogen) atoms. The van der Waals surface area contributed by atoms with E-state index in [1.165, 1.54) is 0 Å². The number of urea groups is 1. The number of rotatable bonds is 2. The number of carbonyl (C=O) groups excluding carboxylic acids is 1. The monoisotopic (exact) mass is 233 g/mol. The summed E-state index contributed by atoms with van der Waals surface area (Å²) in [6, 6.07) is 8.14. The molecule has 0 aliphatic rings. The number of benzene rings is 1. The molecule has 90 valence electrons. The number of anilines is 1. The molecule has 0 aliphatic heterocycles. The van der Waals surface area contributed by atoms with Gasteiger partial charge in [0.05, 0.1) is 17.2 Å². The lowest BCUT2D eigenvalue weighted by molar-refractivity contribution is -0.0505. The van der Waals surface area contributed by atoms with Crippen LogP contribution >= 0.6 is 0 Å². The van der Waals surface area contributed by atoms with Crippen LogP contribution in [0, 0.1) is 11.3 Å². The lowest BCUT2D eigenvalue weighted by Crippen LogP contribution is -2.36. The number of carbonyl (C=O) groups is 1. The van der Waals surface area contributed by atoms with E-state index in [0.29, 0.717) is 11.3 Å². The van der Waals surface area contributed by atoms with Crippen molar-refractivity contribution in [2.75, 3.05) is 5.32 Å². The first-order chi connectivity index (χ1) is 7.90. The minimum absolute atomic E-state index is 0.453. The van der Waals surface area contributed by atoms with Gasteiger partial charge in [0, 0.05) is 5.69 Å². The van der Waals surface area contributed by atoms with Gasteiger partial charge in [0.15, 0.2) is 0 Å². The summed E-state index contributed by atoms with van der Waals surface area (Å²) in [5, 5.41) is 11.3. The third-order valence-corrected chi connectivity index (χ3v) is 1.70. The van der Waals surface area contributed by atoms with Crippen molar-refractivity contribution >= 4 is 11.7 Å². The van der Waals surface area contributed by atoms with Crippen molar-refractivity contribution in [1.29, 1.82) is 5.26 Å². The molecule has 5 heteroatoms. The number of hydrogen-bond donors (Lipinski definition) is 2. The lowest BCUT2D eigenvalue weighted by Gasteiger charge is -2.19. The van der Waals surface area contributed by atoms with E-state index < -0.39 is 11.6 Å². The van der Waals surface area contributed by atoms with Crippen molar-refractivity contribution < 1.29 is 9.63 Å². The first-order valence-electron chi connectivity index (χ1n) is 5.16. The molecule has 2 amide bonds. The number of amides is 2. The predicted molar refractivity (Wildman–Crippen MR) is 64.1 cm³/mol. The van der Waals surface area contributed by atoms with Crippen LogP contribution in [0.1, 0.15) is 26.3 Å². The maximum Gasteiger partial charge on any atom is 0.343 e. The molecule has 0 heterocycles. The van der Waals surface area contributed by atoms with Crippen molar-refractivity contribution in [2.24, 2.45) is 0 Å². The second-order valence-corrected chi connectivity index (χ2v) is 4.46. The Morgan fingerprint density at radius 2 is 2.12 bits per heavy atom. The smallest absolute Gasteiger partial charge is 0.306 e. The zero-order valence-corrected chi connectivity index (χ0v) is 10.1. The number of hydrogen-bond acceptors (Lipinski definition) is 3. The van der Waals surface area contributed by atoms with Gasteiger partial charge in [-0.15, -0.1) is 0 Å². The van der Waals surface area contributed by atoms with Gasteiger partial charge in [-0.1, -0.05) is 6.07 Å². The van der Waals surface area contributed by atoms with Crippen LogP contribution in [-0.4, -0.2) is 11.6 Å². The van der Waals surface area contributed by atoms with Crippen LogP contribution in [-0.2, 0) is 4.84 Å². The highest BCUT2D eigenvalue weighted by Crippen LogP contribution is 2.10. The van der Waals surface area contributed by atoms with E-state index >= 15 is 0 Å². The third kappa shape index (κ3) is 5.00. The molecule has 0 aromatic heterocycles. The van der Waals surface area contributed by atoms with Gasteiger partial charge in [-0.05, 0) is 39.0 Å². The number of nitrogens with zero attached hydrogens (tertiary/aromatic N) is 1. The molecule has 0 unspecified atom stereocenters. The van der Waals surface area contributed by atoms with Crippen LogP contribution in [0.4, 0.5) is 10.5 Å². The van der Waals surface area contributed by atoms with Gasteiger partial charge < -0.3 is 5.32 Å². The van der Waals surface area contributed by atoms with E-state index in [4.69, 9.17) is 10.1 Å².